The van der Waals surface area contributed by atoms with E-state index in [-0.39, 0.29) is 19.5 Å². The van der Waals surface area contributed by atoms with Gasteiger partial charge in [0.05, 0.1) is 0 Å². The molecule has 0 unspecified atom stereocenters. The number of hydrogen-bond donors (Lipinski definition) is 0. The maximum atomic E-state index is 3.78. The van der Waals surface area contributed by atoms with Gasteiger partial charge in [0.15, 0.2) is 0 Å². The normalized spacial score (nSPS) is 7.58. The maximum absolute atomic E-state index is 3.78. The maximum Gasteiger partial charge on any atom is 0.0267 e. The molecule has 0 N–H and O–H groups in total. The van der Waals surface area contributed by atoms with Crippen LogP contribution in [-0.2, 0) is 19.5 Å². The van der Waals surface area contributed by atoms with E-state index in [2.05, 4.69) is 15.0 Å². The predicted octanol–water partition coefficient (Wildman–Crippen LogP) is 3.24. The molecule has 0 bridgehead atoms. The van der Waals surface area contributed by atoms with Crippen LogP contribution < -0.4 is 0 Å². The van der Waals surface area contributed by atoms with E-state index in [0.717, 1.165) is 0 Å². The molecular formula is C15H15N3Zn. The molecule has 0 aliphatic heterocycles. The van der Waals surface area contributed by atoms with Crippen molar-refractivity contribution in [3.05, 3.63) is 91.8 Å². The fraction of sp³-hybridized carbons (Fsp3) is 0. The van der Waals surface area contributed by atoms with Crippen molar-refractivity contribution >= 4 is 0 Å². The van der Waals surface area contributed by atoms with E-state index in [1.807, 2.05) is 54.6 Å². The first kappa shape index (κ1) is 17.1. The summed E-state index contributed by atoms with van der Waals surface area (Å²) in [4.78, 5) is 11.4. The van der Waals surface area contributed by atoms with Crippen molar-refractivity contribution in [1.29, 1.82) is 0 Å². The summed E-state index contributed by atoms with van der Waals surface area (Å²) in [6.07, 6.45) is 10.5. The Morgan fingerprint density at radius 2 is 0.526 bits per heavy atom. The first-order valence-corrected chi connectivity index (χ1v) is 5.55. The first-order valence-electron chi connectivity index (χ1n) is 5.55. The summed E-state index contributed by atoms with van der Waals surface area (Å²) in [5, 5.41) is 0. The van der Waals surface area contributed by atoms with Crippen LogP contribution in [-0.4, -0.2) is 15.0 Å². The summed E-state index contributed by atoms with van der Waals surface area (Å²) in [6, 6.07) is 17.1. The van der Waals surface area contributed by atoms with Crippen LogP contribution in [0.15, 0.2) is 91.8 Å². The molecule has 0 fully saturated rings. The fourth-order valence-corrected chi connectivity index (χ4v) is 0.938. The van der Waals surface area contributed by atoms with Crippen molar-refractivity contribution in [2.45, 2.75) is 0 Å². The molecule has 0 atom stereocenters. The van der Waals surface area contributed by atoms with Crippen LogP contribution in [0.5, 0.6) is 0 Å². The van der Waals surface area contributed by atoms with Gasteiger partial charge in [0.1, 0.15) is 0 Å². The molecule has 3 aromatic rings. The zero-order valence-corrected chi connectivity index (χ0v) is 13.7. The molecule has 3 aromatic heterocycles. The van der Waals surface area contributed by atoms with Crippen molar-refractivity contribution in [2.24, 2.45) is 0 Å². The molecule has 0 saturated heterocycles. The van der Waals surface area contributed by atoms with Crippen LogP contribution in [0.2, 0.25) is 0 Å². The van der Waals surface area contributed by atoms with Gasteiger partial charge in [-0.05, 0) is 36.4 Å². The zero-order valence-electron chi connectivity index (χ0n) is 10.7. The third-order valence-electron chi connectivity index (χ3n) is 1.70. The van der Waals surface area contributed by atoms with Crippen LogP contribution in [0, 0.1) is 0 Å². The Hall–Kier alpha value is -1.93. The van der Waals surface area contributed by atoms with Gasteiger partial charge in [-0.3, -0.25) is 15.0 Å². The largest absolute Gasteiger partial charge is 0.265 e. The number of nitrogens with zero attached hydrogens (tertiary/aromatic N) is 3. The van der Waals surface area contributed by atoms with Gasteiger partial charge in [-0.1, -0.05) is 18.2 Å². The van der Waals surface area contributed by atoms with E-state index < -0.39 is 0 Å². The quantitative estimate of drug-likeness (QED) is 0.598. The summed E-state index contributed by atoms with van der Waals surface area (Å²) in [6.45, 7) is 0. The van der Waals surface area contributed by atoms with Gasteiger partial charge in [0, 0.05) is 56.7 Å². The van der Waals surface area contributed by atoms with Crippen LogP contribution in [0.1, 0.15) is 0 Å². The number of aromatic nitrogens is 3. The molecular weight excluding hydrogens is 288 g/mol. The van der Waals surface area contributed by atoms with E-state index in [1.54, 1.807) is 37.2 Å². The summed E-state index contributed by atoms with van der Waals surface area (Å²) in [5.41, 5.74) is 0. The van der Waals surface area contributed by atoms with E-state index >= 15 is 0 Å². The van der Waals surface area contributed by atoms with Crippen molar-refractivity contribution < 1.29 is 19.5 Å². The van der Waals surface area contributed by atoms with Crippen LogP contribution in [0.25, 0.3) is 0 Å². The van der Waals surface area contributed by atoms with E-state index in [0.29, 0.717) is 0 Å². The fourth-order valence-electron chi connectivity index (χ4n) is 0.938. The average Bonchev–Trinajstić information content (AvgIpc) is 2.54. The second-order valence-corrected chi connectivity index (χ2v) is 3.07. The summed E-state index contributed by atoms with van der Waals surface area (Å²) >= 11 is 0. The minimum Gasteiger partial charge on any atom is -0.265 e. The van der Waals surface area contributed by atoms with Crippen LogP contribution in [0.3, 0.4) is 0 Å². The van der Waals surface area contributed by atoms with E-state index in [4.69, 9.17) is 0 Å². The molecule has 0 aromatic carbocycles. The Bertz CT molecular complexity index is 308. The van der Waals surface area contributed by atoms with Crippen LogP contribution >= 0.6 is 0 Å². The molecule has 0 radical (unpaired) electrons. The minimum absolute atomic E-state index is 0. The topological polar surface area (TPSA) is 38.7 Å². The molecule has 0 spiro atoms. The van der Waals surface area contributed by atoms with Gasteiger partial charge in [0.2, 0.25) is 0 Å². The molecule has 0 saturated carbocycles. The molecule has 92 valence electrons. The van der Waals surface area contributed by atoms with E-state index in [9.17, 15) is 0 Å². The van der Waals surface area contributed by atoms with Gasteiger partial charge < -0.3 is 0 Å². The van der Waals surface area contributed by atoms with Crippen LogP contribution in [0.4, 0.5) is 0 Å². The number of rotatable bonds is 0. The van der Waals surface area contributed by atoms with Crippen molar-refractivity contribution in [3.63, 3.8) is 0 Å². The second-order valence-electron chi connectivity index (χ2n) is 3.07. The smallest absolute Gasteiger partial charge is 0.0267 e. The minimum atomic E-state index is 0. The molecule has 3 heterocycles. The van der Waals surface area contributed by atoms with Gasteiger partial charge >= 0.3 is 0 Å². The third kappa shape index (κ3) is 12.3. The van der Waals surface area contributed by atoms with Crippen molar-refractivity contribution in [2.75, 3.05) is 0 Å². The molecule has 4 heteroatoms. The number of pyridine rings is 3. The van der Waals surface area contributed by atoms with Crippen molar-refractivity contribution in [1.82, 2.24) is 15.0 Å². The zero-order chi connectivity index (χ0) is 12.7. The summed E-state index contributed by atoms with van der Waals surface area (Å²) in [7, 11) is 0. The summed E-state index contributed by atoms with van der Waals surface area (Å²) < 4.78 is 0. The Kier molecular flexibility index (Phi) is 12.7. The Balaban J connectivity index is 0.000000249. The van der Waals surface area contributed by atoms with Gasteiger partial charge in [-0.2, -0.15) is 0 Å². The molecule has 0 aliphatic carbocycles. The van der Waals surface area contributed by atoms with Crippen molar-refractivity contribution in [3.8, 4) is 0 Å². The van der Waals surface area contributed by atoms with E-state index in [1.165, 1.54) is 0 Å². The summed E-state index contributed by atoms with van der Waals surface area (Å²) in [5.74, 6) is 0. The molecule has 3 rings (SSSR count). The van der Waals surface area contributed by atoms with Gasteiger partial charge in [-0.25, -0.2) is 0 Å². The monoisotopic (exact) mass is 301 g/mol. The Labute approximate surface area is 126 Å². The third-order valence-corrected chi connectivity index (χ3v) is 1.70. The predicted molar refractivity (Wildman–Crippen MR) is 72.7 cm³/mol. The van der Waals surface area contributed by atoms with Gasteiger partial charge in [-0.15, -0.1) is 0 Å². The Morgan fingerprint density at radius 3 is 0.579 bits per heavy atom. The first-order chi connectivity index (χ1) is 9.00. The average molecular weight is 303 g/mol. The molecule has 19 heavy (non-hydrogen) atoms. The molecule has 0 aliphatic rings. The SMILES string of the molecule is [Zn].c1ccncc1.c1ccncc1.c1ccncc1. The molecule has 0 amide bonds. The molecule has 3 nitrogen and oxygen atoms in total. The van der Waals surface area contributed by atoms with Gasteiger partial charge in [0.25, 0.3) is 0 Å². The Morgan fingerprint density at radius 1 is 0.316 bits per heavy atom. The standard InChI is InChI=1S/3C5H5N.Zn/c3*1-2-4-6-5-3-1;/h3*1-5H;. The second kappa shape index (κ2) is 14.1. The number of hydrogen-bond acceptors (Lipinski definition) is 3.